The van der Waals surface area contributed by atoms with E-state index < -0.39 is 82.1 Å². The molecule has 10 N–H and O–H groups in total. The van der Waals surface area contributed by atoms with Crippen molar-refractivity contribution in [1.29, 1.82) is 0 Å². The number of aromatic amines is 1. The minimum atomic E-state index is -5.71. The van der Waals surface area contributed by atoms with Crippen molar-refractivity contribution in [3.63, 3.8) is 0 Å². The quantitative estimate of drug-likeness (QED) is 0.143. The fourth-order valence-corrected chi connectivity index (χ4v) is 7.31. The Morgan fingerprint density at radius 1 is 1.21 bits per heavy atom. The Balaban J connectivity index is 1.61. The number of anilines is 1. The first-order chi connectivity index (χ1) is 17.5. The topological polar surface area (TPSA) is 302 Å². The van der Waals surface area contributed by atoms with E-state index in [-0.39, 0.29) is 17.1 Å². The molecule has 19 nitrogen and oxygen atoms in total. The molecule has 2 aromatic rings. The van der Waals surface area contributed by atoms with E-state index in [1.165, 1.54) is 0 Å². The molecule has 22 heteroatoms. The summed E-state index contributed by atoms with van der Waals surface area (Å²) in [6, 6.07) is 0. The molecule has 4 heterocycles. The van der Waals surface area contributed by atoms with Gasteiger partial charge in [0, 0.05) is 0 Å². The minimum absolute atomic E-state index is 0.144. The number of H-pyrrole nitrogens is 1. The van der Waals surface area contributed by atoms with Crippen molar-refractivity contribution in [2.75, 3.05) is 12.3 Å². The number of halogens is 1. The normalized spacial score (nSPS) is 37.9. The van der Waals surface area contributed by atoms with Crippen LogP contribution in [0.4, 0.5) is 10.3 Å². The Morgan fingerprint density at radius 2 is 1.87 bits per heavy atom. The Kier molecular flexibility index (Phi) is 7.60. The maximum Gasteiger partial charge on any atom is 0.476 e. The van der Waals surface area contributed by atoms with Crippen LogP contribution in [0.1, 0.15) is 13.2 Å². The largest absolute Gasteiger partial charge is 0.476 e. The first-order valence-electron chi connectivity index (χ1n) is 10.6. The Labute approximate surface area is 210 Å². The van der Waals surface area contributed by atoms with Gasteiger partial charge in [-0.3, -0.25) is 18.9 Å². The molecule has 10 atom stereocenters. The van der Waals surface area contributed by atoms with Crippen LogP contribution in [0.15, 0.2) is 11.1 Å². The first-order valence-corrected chi connectivity index (χ1v) is 13.7. The van der Waals surface area contributed by atoms with Crippen LogP contribution in [0, 0.1) is 0 Å². The van der Waals surface area contributed by atoms with Crippen LogP contribution in [-0.4, -0.2) is 110 Å². The molecule has 1 unspecified atom stereocenters. The average molecular weight is 591 g/mol. The number of hydrogen-bond acceptors (Lipinski definition) is 15. The molecular formula is C16H24FN5O14P2. The predicted molar refractivity (Wildman–Crippen MR) is 118 cm³/mol. The van der Waals surface area contributed by atoms with Gasteiger partial charge in [-0.2, -0.15) is 4.98 Å². The van der Waals surface area contributed by atoms with Gasteiger partial charge >= 0.3 is 15.4 Å². The summed E-state index contributed by atoms with van der Waals surface area (Å²) in [4.78, 5) is 40.5. The lowest BCUT2D eigenvalue weighted by Crippen LogP contribution is -2.61. The second kappa shape index (κ2) is 9.93. The zero-order valence-electron chi connectivity index (χ0n) is 19.1. The molecule has 0 amide bonds. The summed E-state index contributed by atoms with van der Waals surface area (Å²) in [7, 11) is -11.2. The standard InChI is InChI=1S/C16H24FN5O14P2/c1-16(10(26)8(24)5(17)14(28)35-16)37(29,36-38(30,31)32)33-2-4-7(23)9(25)13(34-4)22-3-19-6-11(22)20-15(18)21-12(6)27/h3-5,7-10,13-14,23-26,28H,2H2,1H3,(H2,30,31,32)(H3,18,20,21,27)/t4-,5+,7-,8+,9-,10+,13-,14+,16-,37?/m1/s1. The number of imidazole rings is 1. The molecular weight excluding hydrogens is 567 g/mol. The average Bonchev–Trinajstić information content (AvgIpc) is 3.35. The van der Waals surface area contributed by atoms with E-state index in [1.54, 1.807) is 0 Å². The third-order valence-electron chi connectivity index (χ3n) is 6.06. The van der Waals surface area contributed by atoms with Crippen LogP contribution in [-0.2, 0) is 27.4 Å². The molecule has 0 aromatic carbocycles. The van der Waals surface area contributed by atoms with E-state index in [9.17, 15) is 53.6 Å². The Morgan fingerprint density at radius 3 is 2.50 bits per heavy atom. The summed E-state index contributed by atoms with van der Waals surface area (Å²) >= 11 is 0. The highest BCUT2D eigenvalue weighted by Gasteiger charge is 2.64. The van der Waals surface area contributed by atoms with Gasteiger partial charge in [-0.1, -0.05) is 0 Å². The van der Waals surface area contributed by atoms with Crippen LogP contribution in [0.5, 0.6) is 0 Å². The maximum absolute atomic E-state index is 13.9. The molecule has 214 valence electrons. The fraction of sp³-hybridized carbons (Fsp3) is 0.688. The number of aliphatic hydroxyl groups excluding tert-OH is 5. The summed E-state index contributed by atoms with van der Waals surface area (Å²) in [6.45, 7) is -0.396. The van der Waals surface area contributed by atoms with Crippen molar-refractivity contribution < 1.29 is 67.1 Å². The third kappa shape index (κ3) is 4.92. The van der Waals surface area contributed by atoms with Gasteiger partial charge in [-0.25, -0.2) is 18.3 Å². The summed E-state index contributed by atoms with van der Waals surface area (Å²) in [5.41, 5.74) is 4.48. The number of nitrogens with zero attached hydrogens (tertiary/aromatic N) is 3. The van der Waals surface area contributed by atoms with Gasteiger partial charge in [-0.05, 0) is 6.92 Å². The highest BCUT2D eigenvalue weighted by molar-refractivity contribution is 7.65. The first kappa shape index (κ1) is 29.1. The van der Waals surface area contributed by atoms with Gasteiger partial charge in [0.05, 0.1) is 12.9 Å². The number of rotatable bonds is 7. The SMILES string of the molecule is C[C@]1(P(=O)(OC[C@H]2O[C@@H](n3cnc4c(=O)[nH]c(N)nc43)[C@H](O)[C@@H]2O)OP(=O)(O)O)O[C@H](O)[C@@H](F)[C@H](O)[C@@H]1O. The predicted octanol–water partition coefficient (Wildman–Crippen LogP) is -3.24. The van der Waals surface area contributed by atoms with E-state index in [0.29, 0.717) is 6.92 Å². The number of nitrogens with one attached hydrogen (secondary N) is 1. The van der Waals surface area contributed by atoms with Gasteiger partial charge < -0.3 is 55.1 Å². The molecule has 2 aromatic heterocycles. The highest BCUT2D eigenvalue weighted by Crippen LogP contribution is 2.70. The molecule has 0 saturated carbocycles. The van der Waals surface area contributed by atoms with Crippen molar-refractivity contribution >= 4 is 32.5 Å². The van der Waals surface area contributed by atoms with Gasteiger partial charge in [-0.15, -0.1) is 0 Å². The van der Waals surface area contributed by atoms with Gasteiger partial charge in [0.25, 0.3) is 5.56 Å². The molecule has 38 heavy (non-hydrogen) atoms. The number of aliphatic hydroxyl groups is 5. The zero-order valence-corrected chi connectivity index (χ0v) is 20.9. The minimum Gasteiger partial charge on any atom is -0.387 e. The number of aromatic nitrogens is 4. The number of nitrogens with two attached hydrogens (primary N) is 1. The summed E-state index contributed by atoms with van der Waals surface area (Å²) < 4.78 is 59.7. The maximum atomic E-state index is 13.9. The van der Waals surface area contributed by atoms with Crippen LogP contribution >= 0.6 is 15.4 Å². The lowest BCUT2D eigenvalue weighted by Gasteiger charge is -2.46. The van der Waals surface area contributed by atoms with Crippen molar-refractivity contribution in [3.05, 3.63) is 16.7 Å². The molecule has 2 fully saturated rings. The number of nitrogen functional groups attached to an aromatic ring is 1. The molecule has 2 saturated heterocycles. The molecule has 2 aliphatic rings. The van der Waals surface area contributed by atoms with Gasteiger partial charge in [0.15, 0.2) is 35.2 Å². The number of alkyl halides is 1. The molecule has 0 radical (unpaired) electrons. The third-order valence-corrected chi connectivity index (χ3v) is 9.72. The van der Waals surface area contributed by atoms with E-state index in [1.807, 2.05) is 0 Å². The number of fused-ring (bicyclic) bond motifs is 1. The smallest absolute Gasteiger partial charge is 0.387 e. The second-order valence-electron chi connectivity index (χ2n) is 8.63. The van der Waals surface area contributed by atoms with Crippen LogP contribution in [0.2, 0.25) is 0 Å². The van der Waals surface area contributed by atoms with Crippen LogP contribution in [0.3, 0.4) is 0 Å². The molecule has 0 aliphatic carbocycles. The molecule has 0 bridgehead atoms. The van der Waals surface area contributed by atoms with Crippen molar-refractivity contribution in [2.24, 2.45) is 0 Å². The monoisotopic (exact) mass is 591 g/mol. The van der Waals surface area contributed by atoms with Crippen molar-refractivity contribution in [2.45, 2.75) is 61.5 Å². The Bertz CT molecular complexity index is 1350. The number of phosphoric acid groups is 1. The van der Waals surface area contributed by atoms with Crippen LogP contribution < -0.4 is 11.3 Å². The summed E-state index contributed by atoms with van der Waals surface area (Å²) in [5.74, 6) is -0.299. The molecule has 2 aliphatic heterocycles. The van der Waals surface area contributed by atoms with E-state index >= 15 is 0 Å². The summed E-state index contributed by atoms with van der Waals surface area (Å²) in [6.07, 6.45) is -15.7. The van der Waals surface area contributed by atoms with Crippen molar-refractivity contribution in [3.8, 4) is 0 Å². The van der Waals surface area contributed by atoms with Crippen LogP contribution in [0.25, 0.3) is 11.2 Å². The lowest BCUT2D eigenvalue weighted by atomic mass is 10.0. The zero-order chi connectivity index (χ0) is 28.4. The molecule has 0 spiro atoms. The fourth-order valence-electron chi connectivity index (χ4n) is 4.04. The number of ether oxygens (including phenoxy) is 2. The molecule has 4 rings (SSSR count). The number of hydrogen-bond donors (Lipinski definition) is 9. The highest BCUT2D eigenvalue weighted by atomic mass is 31.3. The van der Waals surface area contributed by atoms with Gasteiger partial charge in [0.1, 0.15) is 30.5 Å². The summed E-state index contributed by atoms with van der Waals surface area (Å²) in [5, 5.41) is 48.0. The second-order valence-corrected chi connectivity index (χ2v) is 12.4. The van der Waals surface area contributed by atoms with E-state index in [2.05, 4.69) is 19.3 Å². The van der Waals surface area contributed by atoms with E-state index in [0.717, 1.165) is 10.9 Å². The lowest BCUT2D eigenvalue weighted by molar-refractivity contribution is -0.280. The van der Waals surface area contributed by atoms with Crippen molar-refractivity contribution in [1.82, 2.24) is 19.5 Å². The van der Waals surface area contributed by atoms with Gasteiger partial charge in [0.2, 0.25) is 5.95 Å². The Hall–Kier alpha value is -1.90. The van der Waals surface area contributed by atoms with E-state index in [4.69, 9.17) is 19.7 Å².